The second-order valence-corrected chi connectivity index (χ2v) is 4.29. The number of hydrazone groups is 1. The van der Waals surface area contributed by atoms with Gasteiger partial charge in [0.1, 0.15) is 11.4 Å². The van der Waals surface area contributed by atoms with Crippen LogP contribution in [-0.4, -0.2) is 17.2 Å². The lowest BCUT2D eigenvalue weighted by Crippen LogP contribution is -2.19. The Bertz CT molecular complexity index is 683. The van der Waals surface area contributed by atoms with Crippen molar-refractivity contribution < 1.29 is 9.90 Å². The number of nitrogens with one attached hydrogen (secondary N) is 1. The highest BCUT2D eigenvalue weighted by molar-refractivity contribution is 5.87. The van der Waals surface area contributed by atoms with Gasteiger partial charge in [-0.05, 0) is 28.9 Å². The molecule has 0 unspecified atom stereocenters. The van der Waals surface area contributed by atoms with Crippen LogP contribution in [0.5, 0.6) is 5.75 Å². The van der Waals surface area contributed by atoms with E-state index in [1.807, 2.05) is 0 Å². The highest BCUT2D eigenvalue weighted by atomic mass is 16.3. The molecule has 106 valence electrons. The molecule has 0 fully saturated rings. The van der Waals surface area contributed by atoms with Crippen LogP contribution in [0.4, 0.5) is 5.69 Å². The third-order valence-electron chi connectivity index (χ3n) is 2.70. The highest BCUT2D eigenvalue weighted by Crippen LogP contribution is 2.15. The van der Waals surface area contributed by atoms with Crippen molar-refractivity contribution >= 4 is 17.8 Å². The van der Waals surface area contributed by atoms with Gasteiger partial charge < -0.3 is 5.11 Å². The number of aromatic hydroxyl groups is 1. The number of benzene rings is 2. The number of rotatable bonds is 5. The van der Waals surface area contributed by atoms with Crippen molar-refractivity contribution in [2.24, 2.45) is 10.3 Å². The number of hydrogen-bond donors (Lipinski definition) is 2. The standard InChI is InChI=1S/C15H13N3O3/c19-13-6-3-4-11(8-13)9-15(20)17-16-10-12-5-1-2-7-14(12)18-21/h1-8,10,19H,9H2,(H,17,20)/b16-10+. The predicted molar refractivity (Wildman–Crippen MR) is 79.4 cm³/mol. The summed E-state index contributed by atoms with van der Waals surface area (Å²) in [6, 6.07) is 13.1. The summed E-state index contributed by atoms with van der Waals surface area (Å²) >= 11 is 0. The zero-order valence-corrected chi connectivity index (χ0v) is 11.1. The van der Waals surface area contributed by atoms with Gasteiger partial charge in [0.2, 0.25) is 5.91 Å². The SMILES string of the molecule is O=Nc1ccccc1/C=N/NC(=O)Cc1cccc(O)c1. The summed E-state index contributed by atoms with van der Waals surface area (Å²) in [7, 11) is 0. The van der Waals surface area contributed by atoms with Crippen LogP contribution >= 0.6 is 0 Å². The lowest BCUT2D eigenvalue weighted by Gasteiger charge is -2.01. The van der Waals surface area contributed by atoms with Crippen LogP contribution in [0.25, 0.3) is 0 Å². The van der Waals surface area contributed by atoms with E-state index >= 15 is 0 Å². The quantitative estimate of drug-likeness (QED) is 0.501. The number of carbonyl (C=O) groups is 1. The maximum Gasteiger partial charge on any atom is 0.244 e. The van der Waals surface area contributed by atoms with Gasteiger partial charge in [-0.3, -0.25) is 4.79 Å². The molecule has 0 bridgehead atoms. The molecule has 6 heteroatoms. The molecule has 0 saturated heterocycles. The Morgan fingerprint density at radius 2 is 2.00 bits per heavy atom. The molecular formula is C15H13N3O3. The van der Waals surface area contributed by atoms with E-state index in [0.717, 1.165) is 0 Å². The lowest BCUT2D eigenvalue weighted by molar-refractivity contribution is -0.120. The summed E-state index contributed by atoms with van der Waals surface area (Å²) in [6.45, 7) is 0. The third-order valence-corrected chi connectivity index (χ3v) is 2.70. The van der Waals surface area contributed by atoms with Crippen LogP contribution < -0.4 is 5.43 Å². The van der Waals surface area contributed by atoms with Crippen LogP contribution in [0.15, 0.2) is 58.8 Å². The van der Waals surface area contributed by atoms with E-state index in [2.05, 4.69) is 15.7 Å². The molecule has 6 nitrogen and oxygen atoms in total. The molecule has 0 atom stereocenters. The van der Waals surface area contributed by atoms with Crippen molar-refractivity contribution in [3.63, 3.8) is 0 Å². The molecule has 2 rings (SSSR count). The summed E-state index contributed by atoms with van der Waals surface area (Å²) in [5.41, 5.74) is 3.81. The van der Waals surface area contributed by atoms with E-state index in [4.69, 9.17) is 0 Å². The molecule has 0 aliphatic rings. The van der Waals surface area contributed by atoms with Crippen LogP contribution in [-0.2, 0) is 11.2 Å². The van der Waals surface area contributed by atoms with Gasteiger partial charge in [-0.15, -0.1) is 4.91 Å². The Labute approximate surface area is 121 Å². The molecule has 0 saturated carbocycles. The van der Waals surface area contributed by atoms with E-state index in [0.29, 0.717) is 11.1 Å². The van der Waals surface area contributed by atoms with Gasteiger partial charge in [-0.25, -0.2) is 5.43 Å². The van der Waals surface area contributed by atoms with Crippen molar-refractivity contribution in [1.29, 1.82) is 0 Å². The Morgan fingerprint density at radius 3 is 2.76 bits per heavy atom. The Balaban J connectivity index is 1.94. The molecular weight excluding hydrogens is 270 g/mol. The fourth-order valence-corrected chi connectivity index (χ4v) is 1.74. The number of carbonyl (C=O) groups excluding carboxylic acids is 1. The average Bonchev–Trinajstić information content (AvgIpc) is 2.47. The first-order valence-corrected chi connectivity index (χ1v) is 6.21. The second-order valence-electron chi connectivity index (χ2n) is 4.29. The van der Waals surface area contributed by atoms with Crippen molar-refractivity contribution in [1.82, 2.24) is 5.43 Å². The average molecular weight is 283 g/mol. The minimum atomic E-state index is -0.326. The van der Waals surface area contributed by atoms with E-state index in [1.54, 1.807) is 36.4 Å². The number of hydrogen-bond acceptors (Lipinski definition) is 5. The Morgan fingerprint density at radius 1 is 1.19 bits per heavy atom. The zero-order chi connectivity index (χ0) is 15.1. The minimum absolute atomic E-state index is 0.0965. The van der Waals surface area contributed by atoms with Crippen molar-refractivity contribution in [2.75, 3.05) is 0 Å². The first-order chi connectivity index (χ1) is 10.2. The van der Waals surface area contributed by atoms with Crippen LogP contribution in [0, 0.1) is 4.91 Å². The van der Waals surface area contributed by atoms with E-state index < -0.39 is 0 Å². The minimum Gasteiger partial charge on any atom is -0.508 e. The van der Waals surface area contributed by atoms with Crippen LogP contribution in [0.1, 0.15) is 11.1 Å². The van der Waals surface area contributed by atoms with Crippen molar-refractivity contribution in [2.45, 2.75) is 6.42 Å². The first-order valence-electron chi connectivity index (χ1n) is 6.21. The summed E-state index contributed by atoms with van der Waals surface area (Å²) in [5.74, 6) is -0.219. The number of nitroso groups, excluding NO2 is 1. The van der Waals surface area contributed by atoms with E-state index in [9.17, 15) is 14.8 Å². The summed E-state index contributed by atoms with van der Waals surface area (Å²) < 4.78 is 0. The first kappa shape index (κ1) is 14.4. The fraction of sp³-hybridized carbons (Fsp3) is 0.0667. The largest absolute Gasteiger partial charge is 0.508 e. The van der Waals surface area contributed by atoms with Crippen molar-refractivity contribution in [3.8, 4) is 5.75 Å². The molecule has 0 aliphatic heterocycles. The molecule has 2 N–H and O–H groups in total. The molecule has 0 spiro atoms. The Kier molecular flexibility index (Phi) is 4.76. The molecule has 1 amide bonds. The van der Waals surface area contributed by atoms with Crippen molar-refractivity contribution in [3.05, 3.63) is 64.6 Å². The summed E-state index contributed by atoms with van der Waals surface area (Å²) in [5, 5.41) is 16.0. The molecule has 0 radical (unpaired) electrons. The zero-order valence-electron chi connectivity index (χ0n) is 11.1. The topological polar surface area (TPSA) is 91.1 Å². The Hall–Kier alpha value is -3.02. The fourth-order valence-electron chi connectivity index (χ4n) is 1.74. The lowest BCUT2D eigenvalue weighted by atomic mass is 10.1. The maximum atomic E-state index is 11.7. The predicted octanol–water partition coefficient (Wildman–Crippen LogP) is 2.48. The molecule has 2 aromatic carbocycles. The van der Waals surface area contributed by atoms with Gasteiger partial charge in [-0.2, -0.15) is 5.10 Å². The third kappa shape index (κ3) is 4.24. The molecule has 21 heavy (non-hydrogen) atoms. The van der Waals surface area contributed by atoms with E-state index in [-0.39, 0.29) is 23.8 Å². The van der Waals surface area contributed by atoms with Gasteiger partial charge in [0.05, 0.1) is 12.6 Å². The second kappa shape index (κ2) is 6.95. The summed E-state index contributed by atoms with van der Waals surface area (Å²) in [4.78, 5) is 22.3. The van der Waals surface area contributed by atoms with Gasteiger partial charge >= 0.3 is 0 Å². The van der Waals surface area contributed by atoms with Crippen LogP contribution in [0.2, 0.25) is 0 Å². The number of amides is 1. The molecule has 2 aromatic rings. The van der Waals surface area contributed by atoms with E-state index in [1.165, 1.54) is 18.3 Å². The number of phenols is 1. The maximum absolute atomic E-state index is 11.7. The van der Waals surface area contributed by atoms with Gasteiger partial charge in [-0.1, -0.05) is 30.3 Å². The van der Waals surface area contributed by atoms with Gasteiger partial charge in [0.15, 0.2) is 0 Å². The van der Waals surface area contributed by atoms with Gasteiger partial charge in [0.25, 0.3) is 0 Å². The van der Waals surface area contributed by atoms with Gasteiger partial charge in [0, 0.05) is 5.56 Å². The normalized spacial score (nSPS) is 10.5. The van der Waals surface area contributed by atoms with Crippen LogP contribution in [0.3, 0.4) is 0 Å². The monoisotopic (exact) mass is 283 g/mol. The molecule has 0 aliphatic carbocycles. The number of nitrogens with zero attached hydrogens (tertiary/aromatic N) is 2. The molecule has 0 aromatic heterocycles. The smallest absolute Gasteiger partial charge is 0.244 e. The highest BCUT2D eigenvalue weighted by Gasteiger charge is 2.03. The number of phenolic OH excluding ortho intramolecular Hbond substituents is 1. The molecule has 0 heterocycles. The summed E-state index contributed by atoms with van der Waals surface area (Å²) in [6.07, 6.45) is 1.45.